The van der Waals surface area contributed by atoms with Gasteiger partial charge in [0, 0.05) is 32.3 Å². The Bertz CT molecular complexity index is 233. The van der Waals surface area contributed by atoms with Crippen molar-refractivity contribution in [3.63, 3.8) is 0 Å². The highest BCUT2D eigenvalue weighted by Gasteiger charge is 2.43. The maximum Gasteiger partial charge on any atom is 0.241 e. The average molecular weight is 228 g/mol. The van der Waals surface area contributed by atoms with Gasteiger partial charge in [0.15, 0.2) is 0 Å². The van der Waals surface area contributed by atoms with Gasteiger partial charge in [-0.3, -0.25) is 9.69 Å². The Morgan fingerprint density at radius 1 is 1.38 bits per heavy atom. The number of hydrogen-bond acceptors (Lipinski definition) is 3. The van der Waals surface area contributed by atoms with Crippen LogP contribution in [-0.4, -0.2) is 60.6 Å². The van der Waals surface area contributed by atoms with Gasteiger partial charge in [0.05, 0.1) is 6.61 Å². The summed E-state index contributed by atoms with van der Waals surface area (Å²) in [7, 11) is 1.69. The van der Waals surface area contributed by atoms with Crippen molar-refractivity contribution in [3.05, 3.63) is 0 Å². The molecule has 4 nitrogen and oxygen atoms in total. The van der Waals surface area contributed by atoms with Gasteiger partial charge in [0.25, 0.3) is 0 Å². The van der Waals surface area contributed by atoms with E-state index >= 15 is 0 Å². The van der Waals surface area contributed by atoms with Crippen LogP contribution in [0.2, 0.25) is 0 Å². The highest BCUT2D eigenvalue weighted by Crippen LogP contribution is 2.21. The molecule has 0 radical (unpaired) electrons. The summed E-state index contributed by atoms with van der Waals surface area (Å²) in [5.41, 5.74) is 0. The highest BCUT2D eigenvalue weighted by atomic mass is 16.5. The van der Waals surface area contributed by atoms with Gasteiger partial charge in [-0.25, -0.2) is 0 Å². The lowest BCUT2D eigenvalue weighted by molar-refractivity contribution is -0.135. The third-order valence-corrected chi connectivity index (χ3v) is 2.95. The molecule has 0 saturated carbocycles. The Kier molecular flexibility index (Phi) is 4.74. The van der Waals surface area contributed by atoms with Crippen LogP contribution in [0.1, 0.15) is 27.7 Å². The summed E-state index contributed by atoms with van der Waals surface area (Å²) in [4.78, 5) is 16.3. The molecule has 4 heteroatoms. The second-order valence-corrected chi connectivity index (χ2v) is 4.94. The normalized spacial score (nSPS) is 23.9. The molecule has 0 aromatic rings. The van der Waals surface area contributed by atoms with E-state index in [1.165, 1.54) is 0 Å². The molecule has 0 aromatic carbocycles. The molecule has 2 atom stereocenters. The first kappa shape index (κ1) is 13.5. The predicted molar refractivity (Wildman–Crippen MR) is 64.4 cm³/mol. The summed E-state index contributed by atoms with van der Waals surface area (Å²) in [6.07, 6.45) is 0. The topological polar surface area (TPSA) is 32.6 Å². The summed E-state index contributed by atoms with van der Waals surface area (Å²) in [6, 6.07) is 0.648. The van der Waals surface area contributed by atoms with Gasteiger partial charge in [-0.1, -0.05) is 0 Å². The predicted octanol–water partition coefficient (Wildman–Crippen LogP) is 0.962. The molecule has 0 N–H and O–H groups in total. The standard InChI is InChI=1S/C12H24N2O2/c1-9(2)14(10(3)4)12(15)11-8-13(11)6-7-16-5/h9-11H,6-8H2,1-5H3. The number of nitrogens with zero attached hydrogens (tertiary/aromatic N) is 2. The van der Waals surface area contributed by atoms with Crippen LogP contribution < -0.4 is 0 Å². The quantitative estimate of drug-likeness (QED) is 0.635. The SMILES string of the molecule is COCCN1CC1C(=O)N(C(C)C)C(C)C. The maximum absolute atomic E-state index is 12.2. The van der Waals surface area contributed by atoms with Crippen molar-refractivity contribution in [1.82, 2.24) is 9.80 Å². The molecule has 1 aliphatic heterocycles. The van der Waals surface area contributed by atoms with Gasteiger partial charge in [-0.05, 0) is 27.7 Å². The van der Waals surface area contributed by atoms with Crippen molar-refractivity contribution < 1.29 is 9.53 Å². The molecule has 1 fully saturated rings. The van der Waals surface area contributed by atoms with Gasteiger partial charge in [0.1, 0.15) is 6.04 Å². The van der Waals surface area contributed by atoms with Crippen molar-refractivity contribution in [2.24, 2.45) is 0 Å². The molecular weight excluding hydrogens is 204 g/mol. The molecule has 1 saturated heterocycles. The lowest BCUT2D eigenvalue weighted by Crippen LogP contribution is -2.45. The molecule has 0 aromatic heterocycles. The Labute approximate surface area is 98.5 Å². The van der Waals surface area contributed by atoms with Crippen LogP contribution in [0.5, 0.6) is 0 Å². The Hall–Kier alpha value is -0.610. The second-order valence-electron chi connectivity index (χ2n) is 4.94. The fraction of sp³-hybridized carbons (Fsp3) is 0.917. The number of ether oxygens (including phenoxy) is 1. The van der Waals surface area contributed by atoms with Crippen molar-refractivity contribution in [2.75, 3.05) is 26.8 Å². The second kappa shape index (κ2) is 5.64. The number of rotatable bonds is 6. The Morgan fingerprint density at radius 2 is 1.94 bits per heavy atom. The summed E-state index contributed by atoms with van der Waals surface area (Å²) in [5.74, 6) is 0.265. The minimum atomic E-state index is 0.0972. The number of methoxy groups -OCH3 is 1. The Balaban J connectivity index is 2.45. The summed E-state index contributed by atoms with van der Waals surface area (Å²) in [6.45, 7) is 10.7. The van der Waals surface area contributed by atoms with Gasteiger partial charge in [-0.15, -0.1) is 0 Å². The molecule has 2 unspecified atom stereocenters. The minimum Gasteiger partial charge on any atom is -0.383 e. The third-order valence-electron chi connectivity index (χ3n) is 2.95. The lowest BCUT2D eigenvalue weighted by atomic mass is 10.2. The van der Waals surface area contributed by atoms with Gasteiger partial charge in [0.2, 0.25) is 5.91 Å². The molecule has 1 amide bonds. The van der Waals surface area contributed by atoms with E-state index in [0.29, 0.717) is 6.61 Å². The zero-order chi connectivity index (χ0) is 12.3. The fourth-order valence-electron chi connectivity index (χ4n) is 2.14. The molecule has 1 rings (SSSR count). The van der Waals surface area contributed by atoms with Crippen molar-refractivity contribution >= 4 is 5.91 Å². The largest absolute Gasteiger partial charge is 0.383 e. The van der Waals surface area contributed by atoms with E-state index in [9.17, 15) is 4.79 Å². The number of amides is 1. The highest BCUT2D eigenvalue weighted by molar-refractivity contribution is 5.85. The van der Waals surface area contributed by atoms with Crippen LogP contribution >= 0.6 is 0 Å². The molecule has 0 aliphatic carbocycles. The maximum atomic E-state index is 12.2. The summed E-state index contributed by atoms with van der Waals surface area (Å²) < 4.78 is 5.01. The van der Waals surface area contributed by atoms with Crippen LogP contribution in [0.3, 0.4) is 0 Å². The average Bonchev–Trinajstić information content (AvgIpc) is 2.92. The molecule has 0 bridgehead atoms. The zero-order valence-electron chi connectivity index (χ0n) is 11.1. The number of hydrogen-bond donors (Lipinski definition) is 0. The first-order chi connectivity index (χ1) is 7.49. The molecule has 1 aliphatic rings. The van der Waals surface area contributed by atoms with E-state index in [4.69, 9.17) is 4.74 Å². The van der Waals surface area contributed by atoms with Crippen LogP contribution in [0.15, 0.2) is 0 Å². The van der Waals surface area contributed by atoms with E-state index in [1.54, 1.807) is 7.11 Å². The van der Waals surface area contributed by atoms with E-state index in [2.05, 4.69) is 32.6 Å². The van der Waals surface area contributed by atoms with Crippen LogP contribution in [0.25, 0.3) is 0 Å². The minimum absolute atomic E-state index is 0.0972. The van der Waals surface area contributed by atoms with Crippen LogP contribution in [0, 0.1) is 0 Å². The first-order valence-electron chi connectivity index (χ1n) is 6.04. The van der Waals surface area contributed by atoms with E-state index < -0.39 is 0 Å². The molecule has 94 valence electrons. The van der Waals surface area contributed by atoms with Gasteiger partial charge >= 0.3 is 0 Å². The molecular formula is C12H24N2O2. The van der Waals surface area contributed by atoms with E-state index in [-0.39, 0.29) is 24.0 Å². The van der Waals surface area contributed by atoms with Gasteiger partial charge < -0.3 is 9.64 Å². The van der Waals surface area contributed by atoms with Crippen LogP contribution in [0.4, 0.5) is 0 Å². The molecule has 1 heterocycles. The van der Waals surface area contributed by atoms with E-state index in [1.807, 2.05) is 4.90 Å². The van der Waals surface area contributed by atoms with E-state index in [0.717, 1.165) is 13.1 Å². The molecule has 0 spiro atoms. The summed E-state index contributed by atoms with van der Waals surface area (Å²) in [5, 5.41) is 0. The number of carbonyl (C=O) groups excluding carboxylic acids is 1. The van der Waals surface area contributed by atoms with Crippen molar-refractivity contribution in [2.45, 2.75) is 45.8 Å². The zero-order valence-corrected chi connectivity index (χ0v) is 11.1. The number of carbonyl (C=O) groups is 1. The summed E-state index contributed by atoms with van der Waals surface area (Å²) >= 11 is 0. The van der Waals surface area contributed by atoms with Crippen LogP contribution in [-0.2, 0) is 9.53 Å². The van der Waals surface area contributed by atoms with Crippen molar-refractivity contribution in [3.8, 4) is 0 Å². The monoisotopic (exact) mass is 228 g/mol. The lowest BCUT2D eigenvalue weighted by Gasteiger charge is -2.30. The third kappa shape index (κ3) is 3.19. The first-order valence-corrected chi connectivity index (χ1v) is 6.04. The molecule has 16 heavy (non-hydrogen) atoms. The Morgan fingerprint density at radius 3 is 2.38 bits per heavy atom. The van der Waals surface area contributed by atoms with Gasteiger partial charge in [-0.2, -0.15) is 0 Å². The van der Waals surface area contributed by atoms with Crippen molar-refractivity contribution in [1.29, 1.82) is 0 Å². The fourth-order valence-corrected chi connectivity index (χ4v) is 2.14. The smallest absolute Gasteiger partial charge is 0.241 e.